The highest BCUT2D eigenvalue weighted by Crippen LogP contribution is 2.34. The van der Waals surface area contributed by atoms with Gasteiger partial charge < -0.3 is 5.73 Å². The lowest BCUT2D eigenvalue weighted by molar-refractivity contribution is 1.07. The van der Waals surface area contributed by atoms with Crippen molar-refractivity contribution in [3.8, 4) is 5.40 Å². The van der Waals surface area contributed by atoms with E-state index in [1.807, 2.05) is 29.7 Å². The van der Waals surface area contributed by atoms with Crippen LogP contribution in [0.4, 0.5) is 0 Å². The Hall–Kier alpha value is -1.43. The molecule has 0 fully saturated rings. The molecule has 2 rings (SSSR count). The van der Waals surface area contributed by atoms with Crippen LogP contribution in [0.5, 0.6) is 0 Å². The summed E-state index contributed by atoms with van der Waals surface area (Å²) in [4.78, 5) is 4.38. The second-order valence-corrected chi connectivity index (χ2v) is 6.05. The van der Waals surface area contributed by atoms with Crippen LogP contribution in [0, 0.1) is 16.1 Å². The molecule has 0 amide bonds. The molecule has 0 unspecified atom stereocenters. The molecule has 5 nitrogen and oxygen atoms in total. The molecule has 86 valence electrons. The Balaban J connectivity index is 2.22. The average Bonchev–Trinajstić information content (AvgIpc) is 2.70. The Morgan fingerprint density at radius 3 is 2.94 bits per heavy atom. The van der Waals surface area contributed by atoms with Crippen LogP contribution in [0.1, 0.15) is 0 Å². The zero-order valence-electron chi connectivity index (χ0n) is 8.45. The summed E-state index contributed by atoms with van der Waals surface area (Å²) in [5.41, 5.74) is 6.27. The topological polar surface area (TPSA) is 89.8 Å². The van der Waals surface area contributed by atoms with Gasteiger partial charge in [-0.2, -0.15) is 5.26 Å². The number of hydrogen-bond acceptors (Lipinski definition) is 6. The number of para-hydroxylation sites is 1. The summed E-state index contributed by atoms with van der Waals surface area (Å²) in [6.07, 6.45) is 0. The average molecular weight is 281 g/mol. The Kier molecular flexibility index (Phi) is 3.73. The Labute approximate surface area is 110 Å². The number of benzene rings is 1. The fourth-order valence-electron chi connectivity index (χ4n) is 1.12. The number of nitrogens with zero attached hydrogens (tertiary/aromatic N) is 3. The van der Waals surface area contributed by atoms with Crippen LogP contribution in [0.25, 0.3) is 10.2 Å². The minimum Gasteiger partial charge on any atom is -0.369 e. The molecule has 8 heteroatoms. The lowest BCUT2D eigenvalue weighted by Crippen LogP contribution is -2.24. The number of thiocyanates is 1. The molecule has 0 saturated heterocycles. The molecular formula is C9H7N5S3. The summed E-state index contributed by atoms with van der Waals surface area (Å²) in [7, 11) is 0. The maximum atomic E-state index is 8.59. The van der Waals surface area contributed by atoms with Gasteiger partial charge in [-0.1, -0.05) is 12.1 Å². The van der Waals surface area contributed by atoms with Crippen LogP contribution in [0.3, 0.4) is 0 Å². The maximum Gasteiger partial charge on any atom is 0.210 e. The smallest absolute Gasteiger partial charge is 0.210 e. The Bertz CT molecular complexity index is 555. The minimum atomic E-state index is -0.180. The number of thiazole rings is 1. The van der Waals surface area contributed by atoms with Gasteiger partial charge in [0.1, 0.15) is 0 Å². The van der Waals surface area contributed by atoms with Gasteiger partial charge >= 0.3 is 0 Å². The van der Waals surface area contributed by atoms with Crippen molar-refractivity contribution >= 4 is 51.4 Å². The molecule has 0 radical (unpaired) electrons. The first-order valence-electron chi connectivity index (χ1n) is 4.44. The molecule has 0 bridgehead atoms. The summed E-state index contributed by atoms with van der Waals surface area (Å²) in [5.74, 6) is -0.180. The van der Waals surface area contributed by atoms with Crippen molar-refractivity contribution in [2.75, 3.05) is 0 Å². The molecule has 1 aromatic carbocycles. The quantitative estimate of drug-likeness (QED) is 0.389. The molecule has 0 saturated carbocycles. The molecule has 0 spiro atoms. The number of aromatic nitrogens is 1. The molecule has 0 aliphatic carbocycles. The van der Waals surface area contributed by atoms with Gasteiger partial charge in [-0.3, -0.25) is 5.41 Å². The van der Waals surface area contributed by atoms with Gasteiger partial charge in [0.05, 0.1) is 22.2 Å². The fraction of sp³-hybridized carbons (Fsp3) is 0. The number of nitrogens with one attached hydrogen (secondary N) is 1. The molecule has 1 aromatic heterocycles. The van der Waals surface area contributed by atoms with Crippen molar-refractivity contribution in [1.29, 1.82) is 10.7 Å². The third-order valence-electron chi connectivity index (χ3n) is 1.76. The van der Waals surface area contributed by atoms with Gasteiger partial charge in [0.2, 0.25) is 5.96 Å². The summed E-state index contributed by atoms with van der Waals surface area (Å²) in [5, 5.41) is 17.8. The van der Waals surface area contributed by atoms with E-state index in [9.17, 15) is 0 Å². The summed E-state index contributed by atoms with van der Waals surface area (Å²) < 4.78 is 3.14. The first-order valence-corrected chi connectivity index (χ1v) is 6.81. The van der Waals surface area contributed by atoms with Gasteiger partial charge in [-0.25, -0.2) is 8.69 Å². The highest BCUT2D eigenvalue weighted by molar-refractivity contribution is 8.15. The second-order valence-electron chi connectivity index (χ2n) is 2.86. The lowest BCUT2D eigenvalue weighted by atomic mass is 10.3. The monoisotopic (exact) mass is 281 g/mol. The van der Waals surface area contributed by atoms with Gasteiger partial charge in [0, 0.05) is 11.9 Å². The number of guanidine groups is 1. The number of nitrogens with two attached hydrogens (primary N) is 1. The van der Waals surface area contributed by atoms with Gasteiger partial charge in [0.15, 0.2) is 9.74 Å². The number of fused-ring (bicyclic) bond motifs is 1. The van der Waals surface area contributed by atoms with E-state index in [2.05, 4.69) is 4.98 Å². The van der Waals surface area contributed by atoms with E-state index in [0.29, 0.717) is 0 Å². The fourth-order valence-corrected chi connectivity index (χ4v) is 3.61. The van der Waals surface area contributed by atoms with Gasteiger partial charge in [-0.05, 0) is 12.1 Å². The van der Waals surface area contributed by atoms with Crippen LogP contribution in [-0.4, -0.2) is 14.7 Å². The highest BCUT2D eigenvalue weighted by Gasteiger charge is 2.13. The highest BCUT2D eigenvalue weighted by atomic mass is 32.2. The standard InChI is InChI=1S/C9H7N5S3/c10-5-15-14(8(11)12)17-9-13-6-3-1-2-4-7(6)16-9/h1-4H,(H3,11,12). The Morgan fingerprint density at radius 1 is 1.53 bits per heavy atom. The minimum absolute atomic E-state index is 0.180. The van der Waals surface area contributed by atoms with Gasteiger partial charge in [-0.15, -0.1) is 11.3 Å². The zero-order valence-corrected chi connectivity index (χ0v) is 10.9. The first-order chi connectivity index (χ1) is 8.20. The molecule has 17 heavy (non-hydrogen) atoms. The van der Waals surface area contributed by atoms with Crippen molar-refractivity contribution in [3.63, 3.8) is 0 Å². The van der Waals surface area contributed by atoms with Crippen molar-refractivity contribution in [2.45, 2.75) is 4.34 Å². The third-order valence-corrected chi connectivity index (χ3v) is 4.56. The van der Waals surface area contributed by atoms with Crippen molar-refractivity contribution < 1.29 is 0 Å². The number of rotatable bonds is 3. The van der Waals surface area contributed by atoms with Crippen molar-refractivity contribution in [2.24, 2.45) is 5.73 Å². The predicted molar refractivity (Wildman–Crippen MR) is 72.4 cm³/mol. The number of hydrogen-bond donors (Lipinski definition) is 2. The number of nitriles is 1. The predicted octanol–water partition coefficient (Wildman–Crippen LogP) is 2.63. The zero-order chi connectivity index (χ0) is 12.3. The van der Waals surface area contributed by atoms with Crippen molar-refractivity contribution in [3.05, 3.63) is 24.3 Å². The summed E-state index contributed by atoms with van der Waals surface area (Å²) in [6, 6.07) is 7.77. The van der Waals surface area contributed by atoms with E-state index in [4.69, 9.17) is 16.4 Å². The third kappa shape index (κ3) is 2.82. The molecule has 0 aliphatic rings. The van der Waals surface area contributed by atoms with Crippen LogP contribution < -0.4 is 5.73 Å². The van der Waals surface area contributed by atoms with E-state index in [1.165, 1.54) is 27.0 Å². The van der Waals surface area contributed by atoms with E-state index < -0.39 is 0 Å². The largest absolute Gasteiger partial charge is 0.369 e. The van der Waals surface area contributed by atoms with Crippen LogP contribution >= 0.6 is 35.2 Å². The van der Waals surface area contributed by atoms with Gasteiger partial charge in [0.25, 0.3) is 0 Å². The molecular weight excluding hydrogens is 274 g/mol. The van der Waals surface area contributed by atoms with E-state index >= 15 is 0 Å². The lowest BCUT2D eigenvalue weighted by Gasteiger charge is -2.12. The van der Waals surface area contributed by atoms with Crippen molar-refractivity contribution in [1.82, 2.24) is 8.69 Å². The molecule has 0 atom stereocenters. The molecule has 1 heterocycles. The Morgan fingerprint density at radius 2 is 2.29 bits per heavy atom. The molecule has 3 N–H and O–H groups in total. The van der Waals surface area contributed by atoms with Crippen LogP contribution in [-0.2, 0) is 0 Å². The summed E-state index contributed by atoms with van der Waals surface area (Å²) in [6.45, 7) is 0. The molecule has 0 aliphatic heterocycles. The van der Waals surface area contributed by atoms with E-state index in [0.717, 1.165) is 26.5 Å². The summed E-state index contributed by atoms with van der Waals surface area (Å²) >= 11 is 3.49. The van der Waals surface area contributed by atoms with E-state index in [-0.39, 0.29) is 5.96 Å². The van der Waals surface area contributed by atoms with Crippen LogP contribution in [0.2, 0.25) is 0 Å². The van der Waals surface area contributed by atoms with E-state index in [1.54, 1.807) is 0 Å². The second kappa shape index (κ2) is 5.27. The maximum absolute atomic E-state index is 8.59. The molecule has 2 aromatic rings. The SMILES string of the molecule is N#CSN(Sc1nc2ccccc2s1)C(=N)N. The normalized spacial score (nSPS) is 10.1. The first kappa shape index (κ1) is 12.0. The van der Waals surface area contributed by atoms with Crippen LogP contribution in [0.15, 0.2) is 28.6 Å².